The van der Waals surface area contributed by atoms with Crippen molar-refractivity contribution in [2.45, 2.75) is 4.34 Å². The number of carbonyl (C=O) groups excluding carboxylic acids is 1. The average Bonchev–Trinajstić information content (AvgIpc) is 3.02. The van der Waals surface area contributed by atoms with Crippen LogP contribution in [0.3, 0.4) is 0 Å². The van der Waals surface area contributed by atoms with E-state index in [4.69, 9.17) is 0 Å². The smallest absolute Gasteiger partial charge is 0.342 e. The molecule has 2 aromatic heterocycles. The van der Waals surface area contributed by atoms with Crippen LogP contribution in [0.1, 0.15) is 0 Å². The molecule has 0 spiro atoms. The molecule has 0 saturated heterocycles. The maximum atomic E-state index is 11.0. The van der Waals surface area contributed by atoms with Crippen LogP contribution in [0.5, 0.6) is 0 Å². The third-order valence-corrected chi connectivity index (χ3v) is 4.32. The first kappa shape index (κ1) is 14.4. The maximum Gasteiger partial charge on any atom is 0.342 e. The lowest BCUT2D eigenvalue weighted by atomic mass is 10.6. The lowest BCUT2D eigenvalue weighted by molar-refractivity contribution is -0.391. The molecule has 0 aromatic carbocycles. The van der Waals surface area contributed by atoms with E-state index in [2.05, 4.69) is 19.9 Å². The molecular formula is C9H9N5O4S2. The molecular weight excluding hydrogens is 306 g/mol. The summed E-state index contributed by atoms with van der Waals surface area (Å²) in [5.41, 5.74) is 0. The van der Waals surface area contributed by atoms with Crippen molar-refractivity contribution in [1.29, 1.82) is 0 Å². The summed E-state index contributed by atoms with van der Waals surface area (Å²) in [6.07, 6.45) is 1.16. The van der Waals surface area contributed by atoms with Gasteiger partial charge in [-0.2, -0.15) is 0 Å². The van der Waals surface area contributed by atoms with Crippen LogP contribution in [-0.4, -0.2) is 43.5 Å². The zero-order valence-electron chi connectivity index (χ0n) is 10.5. The molecule has 20 heavy (non-hydrogen) atoms. The van der Waals surface area contributed by atoms with Crippen molar-refractivity contribution in [3.63, 3.8) is 0 Å². The summed E-state index contributed by atoms with van der Waals surface area (Å²) in [4.78, 5) is 25.2. The highest BCUT2D eigenvalue weighted by Crippen LogP contribution is 2.29. The van der Waals surface area contributed by atoms with Crippen LogP contribution < -0.4 is 0 Å². The van der Waals surface area contributed by atoms with E-state index in [1.807, 2.05) is 0 Å². The van der Waals surface area contributed by atoms with Gasteiger partial charge in [0.25, 0.3) is 5.82 Å². The largest absolute Gasteiger partial charge is 0.468 e. The number of methoxy groups -OCH3 is 1. The molecule has 2 aromatic rings. The topological polar surface area (TPSA) is 113 Å². The van der Waals surface area contributed by atoms with Gasteiger partial charge in [0.05, 0.1) is 19.9 Å². The van der Waals surface area contributed by atoms with Crippen molar-refractivity contribution in [2.75, 3.05) is 12.9 Å². The summed E-state index contributed by atoms with van der Waals surface area (Å²) in [6.45, 7) is 0. The van der Waals surface area contributed by atoms with Crippen molar-refractivity contribution >= 4 is 34.9 Å². The number of nitrogens with zero attached hydrogens (tertiary/aromatic N) is 5. The Balaban J connectivity index is 2.16. The third-order valence-electron chi connectivity index (χ3n) is 2.29. The van der Waals surface area contributed by atoms with E-state index in [9.17, 15) is 14.9 Å². The Kier molecular flexibility index (Phi) is 4.29. The summed E-state index contributed by atoms with van der Waals surface area (Å²) in [6, 6.07) is 0. The molecule has 0 unspecified atom stereocenters. The van der Waals surface area contributed by atoms with Crippen LogP contribution in [0.25, 0.3) is 10.8 Å². The number of aromatic nitrogens is 4. The lowest BCUT2D eigenvalue weighted by Crippen LogP contribution is -2.02. The minimum atomic E-state index is -0.523. The van der Waals surface area contributed by atoms with Gasteiger partial charge in [0, 0.05) is 0 Å². The standard InChI is InChI=1S/C9H9N5O4S2/c1-13-5(14(16)17)3-10-7(13)8-11-12-9(20-8)19-4-6(15)18-2/h3H,4H2,1-2H3. The molecule has 0 aliphatic rings. The predicted molar refractivity (Wildman–Crippen MR) is 71.5 cm³/mol. The molecule has 2 rings (SSSR count). The van der Waals surface area contributed by atoms with E-state index >= 15 is 0 Å². The fourth-order valence-electron chi connectivity index (χ4n) is 1.31. The molecule has 2 heterocycles. The third kappa shape index (κ3) is 2.93. The molecule has 0 amide bonds. The van der Waals surface area contributed by atoms with Gasteiger partial charge in [-0.05, 0) is 4.92 Å². The average molecular weight is 315 g/mol. The zero-order chi connectivity index (χ0) is 14.7. The SMILES string of the molecule is COC(=O)CSc1nnc(-c2ncc([N+](=O)[O-])n2C)s1. The summed E-state index contributed by atoms with van der Waals surface area (Å²) in [5, 5.41) is 19.0. The molecule has 0 atom stereocenters. The van der Waals surface area contributed by atoms with Crippen molar-refractivity contribution < 1.29 is 14.5 Å². The first-order chi connectivity index (χ1) is 9.52. The van der Waals surface area contributed by atoms with Gasteiger partial charge in [-0.3, -0.25) is 4.79 Å². The fourth-order valence-corrected chi connectivity index (χ4v) is 3.02. The number of thioether (sulfide) groups is 1. The summed E-state index contributed by atoms with van der Waals surface area (Å²) >= 11 is 2.39. The Morgan fingerprint density at radius 2 is 2.35 bits per heavy atom. The highest BCUT2D eigenvalue weighted by atomic mass is 32.2. The quantitative estimate of drug-likeness (QED) is 0.349. The van der Waals surface area contributed by atoms with Gasteiger partial charge in [-0.15, -0.1) is 10.2 Å². The number of ether oxygens (including phenoxy) is 1. The van der Waals surface area contributed by atoms with Gasteiger partial charge >= 0.3 is 11.8 Å². The summed E-state index contributed by atoms with van der Waals surface area (Å²) in [7, 11) is 2.84. The Labute approximate surface area is 121 Å². The Morgan fingerprint density at radius 1 is 1.60 bits per heavy atom. The van der Waals surface area contributed by atoms with Crippen molar-refractivity contribution in [3.8, 4) is 10.8 Å². The normalized spacial score (nSPS) is 10.5. The van der Waals surface area contributed by atoms with Crippen LogP contribution in [0.4, 0.5) is 5.82 Å². The highest BCUT2D eigenvalue weighted by molar-refractivity contribution is 8.01. The second kappa shape index (κ2) is 5.96. The Hall–Kier alpha value is -2.01. The van der Waals surface area contributed by atoms with Gasteiger partial charge in [0.2, 0.25) is 5.01 Å². The molecule has 0 bridgehead atoms. The predicted octanol–water partition coefficient (Wildman–Crippen LogP) is 1.11. The van der Waals surface area contributed by atoms with Crippen LogP contribution in [0.15, 0.2) is 10.5 Å². The minimum Gasteiger partial charge on any atom is -0.468 e. The van der Waals surface area contributed by atoms with Gasteiger partial charge < -0.3 is 14.9 Å². The monoisotopic (exact) mass is 315 g/mol. The first-order valence-corrected chi connectivity index (χ1v) is 7.02. The lowest BCUT2D eigenvalue weighted by Gasteiger charge is -1.95. The van der Waals surface area contributed by atoms with Crippen molar-refractivity contribution in [3.05, 3.63) is 16.3 Å². The number of hydrogen-bond donors (Lipinski definition) is 0. The molecule has 9 nitrogen and oxygen atoms in total. The molecule has 11 heteroatoms. The van der Waals surface area contributed by atoms with Gasteiger partial charge in [0.15, 0.2) is 4.34 Å². The second-order valence-electron chi connectivity index (χ2n) is 3.49. The molecule has 0 N–H and O–H groups in total. The van der Waals surface area contributed by atoms with E-state index in [0.717, 1.165) is 6.20 Å². The van der Waals surface area contributed by atoms with E-state index in [1.54, 1.807) is 0 Å². The van der Waals surface area contributed by atoms with E-state index in [0.29, 0.717) is 15.2 Å². The van der Waals surface area contributed by atoms with Crippen molar-refractivity contribution in [1.82, 2.24) is 19.7 Å². The van der Waals surface area contributed by atoms with Crippen molar-refractivity contribution in [2.24, 2.45) is 7.05 Å². The molecule has 0 fully saturated rings. The van der Waals surface area contributed by atoms with E-state index < -0.39 is 4.92 Å². The molecule has 0 radical (unpaired) electrons. The fraction of sp³-hybridized carbons (Fsp3) is 0.333. The zero-order valence-corrected chi connectivity index (χ0v) is 12.1. The van der Waals surface area contributed by atoms with Gasteiger partial charge in [-0.1, -0.05) is 23.1 Å². The van der Waals surface area contributed by atoms with Crippen LogP contribution in [-0.2, 0) is 16.6 Å². The summed E-state index contributed by atoms with van der Waals surface area (Å²) < 4.78 is 6.41. The number of esters is 1. The number of hydrogen-bond acceptors (Lipinski definition) is 9. The summed E-state index contributed by atoms with van der Waals surface area (Å²) in [5.74, 6) is 0.00345. The van der Waals surface area contributed by atoms with Crippen LogP contribution in [0.2, 0.25) is 0 Å². The Bertz CT molecular complexity index is 653. The van der Waals surface area contributed by atoms with Crippen LogP contribution in [0, 0.1) is 10.1 Å². The van der Waals surface area contributed by atoms with Gasteiger partial charge in [0.1, 0.15) is 6.20 Å². The number of nitro groups is 1. The second-order valence-corrected chi connectivity index (χ2v) is 5.69. The molecule has 106 valence electrons. The van der Waals surface area contributed by atoms with E-state index in [1.165, 1.54) is 41.8 Å². The number of imidazole rings is 1. The maximum absolute atomic E-state index is 11.0. The van der Waals surface area contributed by atoms with E-state index in [-0.39, 0.29) is 17.5 Å². The molecule has 0 saturated carbocycles. The highest BCUT2D eigenvalue weighted by Gasteiger charge is 2.21. The number of rotatable bonds is 5. The first-order valence-electron chi connectivity index (χ1n) is 5.22. The Morgan fingerprint density at radius 3 is 2.95 bits per heavy atom. The molecule has 0 aliphatic heterocycles. The van der Waals surface area contributed by atoms with Gasteiger partial charge in [-0.25, -0.2) is 9.55 Å². The minimum absolute atomic E-state index is 0.126. The van der Waals surface area contributed by atoms with Crippen LogP contribution >= 0.6 is 23.1 Å². The number of carbonyl (C=O) groups is 1. The molecule has 0 aliphatic carbocycles.